The van der Waals surface area contributed by atoms with E-state index in [0.29, 0.717) is 6.42 Å². The molecule has 0 bridgehead atoms. The smallest absolute Gasteiger partial charge is 0.248 e. The molecule has 0 spiro atoms. The van der Waals surface area contributed by atoms with Gasteiger partial charge >= 0.3 is 0 Å². The lowest BCUT2D eigenvalue weighted by Gasteiger charge is -2.01. The Bertz CT molecular complexity index is 942. The highest BCUT2D eigenvalue weighted by Gasteiger charge is 2.07. The van der Waals surface area contributed by atoms with Crippen molar-refractivity contribution >= 4 is 39.2 Å². The minimum Gasteiger partial charge on any atom is -0.317 e. The van der Waals surface area contributed by atoms with Gasteiger partial charge in [0.05, 0.1) is 10.2 Å². The Morgan fingerprint density at radius 1 is 1.19 bits per heavy atom. The van der Waals surface area contributed by atoms with Crippen LogP contribution < -0.4 is 4.80 Å². The summed E-state index contributed by atoms with van der Waals surface area (Å²) in [5.74, 6) is 1.96. The van der Waals surface area contributed by atoms with E-state index in [2.05, 4.69) is 65.9 Å². The number of nitrogens with zero attached hydrogens (tertiary/aromatic N) is 2. The van der Waals surface area contributed by atoms with E-state index >= 15 is 0 Å². The van der Waals surface area contributed by atoms with Gasteiger partial charge in [-0.1, -0.05) is 47.7 Å². The Labute approximate surface area is 162 Å². The Balaban J connectivity index is 1.57. The van der Waals surface area contributed by atoms with Gasteiger partial charge in [-0.05, 0) is 49.3 Å². The van der Waals surface area contributed by atoms with Crippen molar-refractivity contribution in [2.75, 3.05) is 5.75 Å². The largest absolute Gasteiger partial charge is 0.317 e. The molecule has 0 unspecified atom stereocenters. The molecule has 5 heteroatoms. The third kappa shape index (κ3) is 4.86. The van der Waals surface area contributed by atoms with Gasteiger partial charge in [0.1, 0.15) is 0 Å². The topological polar surface area (TPSA) is 34.4 Å². The van der Waals surface area contributed by atoms with Crippen LogP contribution in [0.5, 0.6) is 0 Å². The first-order chi connectivity index (χ1) is 12.7. The van der Waals surface area contributed by atoms with Gasteiger partial charge in [-0.3, -0.25) is 4.79 Å². The van der Waals surface area contributed by atoms with Crippen LogP contribution in [0.15, 0.2) is 53.5 Å². The van der Waals surface area contributed by atoms with Crippen molar-refractivity contribution in [3.8, 4) is 0 Å². The van der Waals surface area contributed by atoms with Gasteiger partial charge in [0, 0.05) is 18.7 Å². The number of hydrogen-bond donors (Lipinski definition) is 0. The molecule has 0 fully saturated rings. The summed E-state index contributed by atoms with van der Waals surface area (Å²) in [4.78, 5) is 17.5. The first-order valence-electron chi connectivity index (χ1n) is 8.96. The highest BCUT2D eigenvalue weighted by molar-refractivity contribution is 7.98. The fourth-order valence-electron chi connectivity index (χ4n) is 2.82. The van der Waals surface area contributed by atoms with Gasteiger partial charge in [-0.25, -0.2) is 0 Å². The van der Waals surface area contributed by atoms with E-state index in [4.69, 9.17) is 0 Å². The highest BCUT2D eigenvalue weighted by Crippen LogP contribution is 2.19. The maximum absolute atomic E-state index is 12.3. The molecule has 0 atom stereocenters. The third-order valence-electron chi connectivity index (χ3n) is 4.17. The summed E-state index contributed by atoms with van der Waals surface area (Å²) >= 11 is 3.47. The summed E-state index contributed by atoms with van der Waals surface area (Å²) in [6.07, 6.45) is 1.38. The maximum Gasteiger partial charge on any atom is 0.248 e. The summed E-state index contributed by atoms with van der Waals surface area (Å²) in [6, 6.07) is 16.8. The van der Waals surface area contributed by atoms with Crippen LogP contribution in [0.1, 0.15) is 30.9 Å². The second kappa shape index (κ2) is 9.19. The molecule has 0 aliphatic rings. The van der Waals surface area contributed by atoms with Crippen molar-refractivity contribution in [1.82, 2.24) is 4.57 Å². The highest BCUT2D eigenvalue weighted by atomic mass is 32.2. The number of thiazole rings is 1. The van der Waals surface area contributed by atoms with Crippen LogP contribution in [0, 0.1) is 6.92 Å². The molecule has 3 nitrogen and oxygen atoms in total. The molecule has 3 aromatic rings. The van der Waals surface area contributed by atoms with Crippen molar-refractivity contribution < 1.29 is 4.79 Å². The molecule has 1 heterocycles. The average molecular weight is 385 g/mol. The molecule has 136 valence electrons. The number of amides is 1. The number of thioether (sulfide) groups is 1. The van der Waals surface area contributed by atoms with Crippen LogP contribution in [0.25, 0.3) is 10.2 Å². The minimum atomic E-state index is -0.0178. The van der Waals surface area contributed by atoms with Crippen molar-refractivity contribution in [3.05, 3.63) is 64.5 Å². The number of aromatic nitrogens is 1. The minimum absolute atomic E-state index is 0.0178. The molecule has 3 rings (SSSR count). The van der Waals surface area contributed by atoms with E-state index in [1.165, 1.54) is 15.8 Å². The predicted molar refractivity (Wildman–Crippen MR) is 113 cm³/mol. The van der Waals surface area contributed by atoms with Crippen LogP contribution in [0.4, 0.5) is 0 Å². The molecule has 0 aliphatic heterocycles. The van der Waals surface area contributed by atoms with E-state index < -0.39 is 0 Å². The number of carbonyl (C=O) groups is 1. The molecule has 1 aromatic heterocycles. The van der Waals surface area contributed by atoms with Crippen LogP contribution in [0.3, 0.4) is 0 Å². The molecule has 26 heavy (non-hydrogen) atoms. The Morgan fingerprint density at radius 2 is 2.00 bits per heavy atom. The predicted octanol–water partition coefficient (Wildman–Crippen LogP) is 5.17. The van der Waals surface area contributed by atoms with Gasteiger partial charge in [-0.2, -0.15) is 16.8 Å². The Hall–Kier alpha value is -1.85. The zero-order valence-electron chi connectivity index (χ0n) is 15.3. The first kappa shape index (κ1) is 18.9. The van der Waals surface area contributed by atoms with Crippen LogP contribution in [-0.4, -0.2) is 16.2 Å². The van der Waals surface area contributed by atoms with Gasteiger partial charge < -0.3 is 4.57 Å². The standard InChI is InChI=1S/C21H24N2OS2/c1-3-23-18-12-11-16(2)14-19(18)26-21(23)22-20(24)10-7-13-25-15-17-8-5-4-6-9-17/h4-6,8-9,11-12,14H,3,7,10,13,15H2,1-2H3. The molecule has 0 N–H and O–H groups in total. The van der Waals surface area contributed by atoms with E-state index in [0.717, 1.165) is 34.8 Å². The van der Waals surface area contributed by atoms with Crippen molar-refractivity contribution in [3.63, 3.8) is 0 Å². The third-order valence-corrected chi connectivity index (χ3v) is 6.32. The summed E-state index contributed by atoms with van der Waals surface area (Å²) in [5, 5.41) is 0. The van der Waals surface area contributed by atoms with Crippen LogP contribution in [0.2, 0.25) is 0 Å². The zero-order valence-corrected chi connectivity index (χ0v) is 16.9. The zero-order chi connectivity index (χ0) is 18.4. The Kier molecular flexibility index (Phi) is 6.69. The summed E-state index contributed by atoms with van der Waals surface area (Å²) < 4.78 is 3.32. The molecule has 0 saturated heterocycles. The Morgan fingerprint density at radius 3 is 2.77 bits per heavy atom. The normalized spacial score (nSPS) is 12.0. The average Bonchev–Trinajstić information content (AvgIpc) is 2.98. The van der Waals surface area contributed by atoms with Crippen molar-refractivity contribution in [2.24, 2.45) is 4.99 Å². The summed E-state index contributed by atoms with van der Waals surface area (Å²) in [5.41, 5.74) is 3.72. The number of benzene rings is 2. The van der Waals surface area contributed by atoms with Crippen molar-refractivity contribution in [1.29, 1.82) is 0 Å². The molecule has 0 aliphatic carbocycles. The molecule has 2 aromatic carbocycles. The number of rotatable bonds is 7. The van der Waals surface area contributed by atoms with Crippen LogP contribution >= 0.6 is 23.1 Å². The second-order valence-corrected chi connectivity index (χ2v) is 8.36. The summed E-state index contributed by atoms with van der Waals surface area (Å²) in [6.45, 7) is 5.00. The molecular weight excluding hydrogens is 360 g/mol. The second-order valence-electron chi connectivity index (χ2n) is 6.25. The number of hydrogen-bond acceptors (Lipinski definition) is 3. The monoisotopic (exact) mass is 384 g/mol. The molecule has 1 amide bonds. The van der Waals surface area contributed by atoms with E-state index in [9.17, 15) is 4.79 Å². The maximum atomic E-state index is 12.3. The van der Waals surface area contributed by atoms with E-state index in [-0.39, 0.29) is 5.91 Å². The lowest BCUT2D eigenvalue weighted by atomic mass is 10.2. The van der Waals surface area contributed by atoms with Crippen LogP contribution in [-0.2, 0) is 17.1 Å². The SMILES string of the molecule is CCn1c(=NC(=O)CCCSCc2ccccc2)sc2cc(C)ccc21. The molecule has 0 saturated carbocycles. The van der Waals surface area contributed by atoms with Gasteiger partial charge in [-0.15, -0.1) is 0 Å². The van der Waals surface area contributed by atoms with Gasteiger partial charge in [0.15, 0.2) is 4.80 Å². The number of fused-ring (bicyclic) bond motifs is 1. The molecular formula is C21H24N2OS2. The fourth-order valence-corrected chi connectivity index (χ4v) is 4.95. The number of carbonyl (C=O) groups excluding carboxylic acids is 1. The first-order valence-corrected chi connectivity index (χ1v) is 10.9. The van der Waals surface area contributed by atoms with E-state index in [1.807, 2.05) is 17.8 Å². The van der Waals surface area contributed by atoms with Crippen molar-refractivity contribution in [2.45, 2.75) is 39.0 Å². The summed E-state index contributed by atoms with van der Waals surface area (Å²) in [7, 11) is 0. The lowest BCUT2D eigenvalue weighted by molar-refractivity contribution is -0.118. The van der Waals surface area contributed by atoms with Gasteiger partial charge in [0.25, 0.3) is 0 Å². The molecule has 0 radical (unpaired) electrons. The lowest BCUT2D eigenvalue weighted by Crippen LogP contribution is -2.15. The fraction of sp³-hybridized carbons (Fsp3) is 0.333. The van der Waals surface area contributed by atoms with E-state index in [1.54, 1.807) is 11.3 Å². The quantitative estimate of drug-likeness (QED) is 0.527. The van der Waals surface area contributed by atoms with Gasteiger partial charge in [0.2, 0.25) is 5.91 Å². The number of aryl methyl sites for hydroxylation is 2.